The number of benzene rings is 2. The van der Waals surface area contributed by atoms with Crippen LogP contribution in [0.15, 0.2) is 48.5 Å². The van der Waals surface area contributed by atoms with Gasteiger partial charge >= 0.3 is 0 Å². The van der Waals surface area contributed by atoms with Crippen molar-refractivity contribution in [2.75, 3.05) is 33.5 Å². The summed E-state index contributed by atoms with van der Waals surface area (Å²) < 4.78 is 16.0. The van der Waals surface area contributed by atoms with Crippen LogP contribution in [-0.2, 0) is 9.47 Å². The van der Waals surface area contributed by atoms with Crippen LogP contribution in [0.3, 0.4) is 0 Å². The molecule has 0 atom stereocenters. The fourth-order valence-corrected chi connectivity index (χ4v) is 2.11. The topological polar surface area (TPSA) is 27.7 Å². The first kappa shape index (κ1) is 15.5. The van der Waals surface area contributed by atoms with Gasteiger partial charge in [0.1, 0.15) is 12.4 Å². The van der Waals surface area contributed by atoms with Gasteiger partial charge in [0.25, 0.3) is 0 Å². The fraction of sp³-hybridized carbons (Fsp3) is 0.333. The quantitative estimate of drug-likeness (QED) is 0.692. The molecule has 0 aliphatic heterocycles. The Labute approximate surface area is 126 Å². The second-order valence-corrected chi connectivity index (χ2v) is 4.80. The third-order valence-electron chi connectivity index (χ3n) is 3.22. The molecule has 3 nitrogen and oxygen atoms in total. The van der Waals surface area contributed by atoms with E-state index in [9.17, 15) is 0 Å². The maximum Gasteiger partial charge on any atom is 0.120 e. The Bertz CT molecular complexity index is 552. The van der Waals surface area contributed by atoms with E-state index in [1.807, 2.05) is 12.1 Å². The van der Waals surface area contributed by atoms with Crippen LogP contribution >= 0.6 is 0 Å². The Balaban J connectivity index is 1.91. The molecule has 0 radical (unpaired) electrons. The molecule has 0 saturated heterocycles. The van der Waals surface area contributed by atoms with Crippen LogP contribution in [0.2, 0.25) is 0 Å². The molecule has 0 N–H and O–H groups in total. The molecule has 2 rings (SSSR count). The van der Waals surface area contributed by atoms with E-state index in [0.717, 1.165) is 5.75 Å². The molecule has 0 unspecified atom stereocenters. The highest BCUT2D eigenvalue weighted by molar-refractivity contribution is 5.68. The Morgan fingerprint density at radius 1 is 0.857 bits per heavy atom. The van der Waals surface area contributed by atoms with E-state index >= 15 is 0 Å². The number of ether oxygens (including phenoxy) is 3. The molecule has 0 aromatic heterocycles. The molecule has 21 heavy (non-hydrogen) atoms. The summed E-state index contributed by atoms with van der Waals surface area (Å²) in [6, 6.07) is 16.5. The number of hydrogen-bond donors (Lipinski definition) is 0. The first-order chi connectivity index (χ1) is 10.3. The number of rotatable bonds is 8. The molecule has 112 valence electrons. The van der Waals surface area contributed by atoms with E-state index in [1.54, 1.807) is 7.11 Å². The summed E-state index contributed by atoms with van der Waals surface area (Å²) in [5.74, 6) is 0.867. The normalized spacial score (nSPS) is 10.6. The molecule has 0 aliphatic carbocycles. The van der Waals surface area contributed by atoms with Gasteiger partial charge in [-0.1, -0.05) is 36.4 Å². The second-order valence-electron chi connectivity index (χ2n) is 4.80. The van der Waals surface area contributed by atoms with Crippen molar-refractivity contribution in [2.24, 2.45) is 0 Å². The molecular weight excluding hydrogens is 264 g/mol. The van der Waals surface area contributed by atoms with E-state index in [4.69, 9.17) is 14.2 Å². The lowest BCUT2D eigenvalue weighted by molar-refractivity contribution is 0.0544. The van der Waals surface area contributed by atoms with Crippen molar-refractivity contribution in [1.29, 1.82) is 0 Å². The lowest BCUT2D eigenvalue weighted by Crippen LogP contribution is -2.09. The zero-order valence-electron chi connectivity index (χ0n) is 12.7. The van der Waals surface area contributed by atoms with Gasteiger partial charge in [-0.3, -0.25) is 0 Å². The van der Waals surface area contributed by atoms with Crippen LogP contribution < -0.4 is 4.74 Å². The van der Waals surface area contributed by atoms with E-state index in [0.29, 0.717) is 26.4 Å². The van der Waals surface area contributed by atoms with Crippen molar-refractivity contribution in [2.45, 2.75) is 6.92 Å². The van der Waals surface area contributed by atoms with Gasteiger partial charge < -0.3 is 14.2 Å². The van der Waals surface area contributed by atoms with Gasteiger partial charge in [-0.15, -0.1) is 0 Å². The first-order valence-corrected chi connectivity index (χ1v) is 7.17. The van der Waals surface area contributed by atoms with Gasteiger partial charge in [-0.05, 0) is 35.7 Å². The van der Waals surface area contributed by atoms with Gasteiger partial charge in [0.2, 0.25) is 0 Å². The Morgan fingerprint density at radius 3 is 2.48 bits per heavy atom. The predicted molar refractivity (Wildman–Crippen MR) is 84.8 cm³/mol. The van der Waals surface area contributed by atoms with E-state index in [1.165, 1.54) is 16.7 Å². The minimum atomic E-state index is 0.543. The Morgan fingerprint density at radius 2 is 1.67 bits per heavy atom. The molecule has 0 heterocycles. The summed E-state index contributed by atoms with van der Waals surface area (Å²) in [5.41, 5.74) is 3.67. The predicted octanol–water partition coefficient (Wildman–Crippen LogP) is 3.70. The largest absolute Gasteiger partial charge is 0.491 e. The zero-order chi connectivity index (χ0) is 14.9. The summed E-state index contributed by atoms with van der Waals surface area (Å²) in [4.78, 5) is 0. The number of hydrogen-bond acceptors (Lipinski definition) is 3. The molecule has 2 aromatic carbocycles. The van der Waals surface area contributed by atoms with E-state index in [2.05, 4.69) is 43.3 Å². The highest BCUT2D eigenvalue weighted by Gasteiger charge is 2.02. The van der Waals surface area contributed by atoms with Crippen molar-refractivity contribution in [3.05, 3.63) is 54.1 Å². The summed E-state index contributed by atoms with van der Waals surface area (Å²) in [6.45, 7) is 4.44. The summed E-state index contributed by atoms with van der Waals surface area (Å²) >= 11 is 0. The van der Waals surface area contributed by atoms with Crippen LogP contribution in [0.1, 0.15) is 5.56 Å². The van der Waals surface area contributed by atoms with Gasteiger partial charge in [0, 0.05) is 7.11 Å². The van der Waals surface area contributed by atoms with E-state index in [-0.39, 0.29) is 0 Å². The molecule has 0 bridgehead atoms. The number of aryl methyl sites for hydroxylation is 1. The summed E-state index contributed by atoms with van der Waals surface area (Å²) in [7, 11) is 1.66. The van der Waals surface area contributed by atoms with Crippen molar-refractivity contribution >= 4 is 0 Å². The Kier molecular flexibility index (Phi) is 6.25. The lowest BCUT2D eigenvalue weighted by atomic mass is 10.0. The molecule has 2 aromatic rings. The minimum Gasteiger partial charge on any atom is -0.491 e. The van der Waals surface area contributed by atoms with Gasteiger partial charge in [0.15, 0.2) is 0 Å². The second kappa shape index (κ2) is 8.45. The summed E-state index contributed by atoms with van der Waals surface area (Å²) in [6.07, 6.45) is 0. The smallest absolute Gasteiger partial charge is 0.120 e. The van der Waals surface area contributed by atoms with Crippen LogP contribution in [0.4, 0.5) is 0 Å². The van der Waals surface area contributed by atoms with Crippen LogP contribution in [0, 0.1) is 6.92 Å². The van der Waals surface area contributed by atoms with Gasteiger partial charge in [0.05, 0.1) is 19.8 Å². The molecule has 0 aliphatic rings. The molecular formula is C18H22O3. The van der Waals surface area contributed by atoms with E-state index < -0.39 is 0 Å². The molecule has 3 heteroatoms. The van der Waals surface area contributed by atoms with Crippen LogP contribution in [0.5, 0.6) is 5.75 Å². The van der Waals surface area contributed by atoms with Crippen molar-refractivity contribution < 1.29 is 14.2 Å². The standard InChI is InChI=1S/C18H22O3/c1-15-6-3-4-9-18(15)16-7-5-8-17(14-16)21-13-12-20-11-10-19-2/h3-9,14H,10-13H2,1-2H3. The van der Waals surface area contributed by atoms with Crippen LogP contribution in [0.25, 0.3) is 11.1 Å². The third-order valence-corrected chi connectivity index (χ3v) is 3.22. The average molecular weight is 286 g/mol. The highest BCUT2D eigenvalue weighted by Crippen LogP contribution is 2.26. The lowest BCUT2D eigenvalue weighted by Gasteiger charge is -2.10. The third kappa shape index (κ3) is 4.88. The highest BCUT2D eigenvalue weighted by atomic mass is 16.5. The molecule has 0 amide bonds. The summed E-state index contributed by atoms with van der Waals surface area (Å²) in [5, 5.41) is 0. The average Bonchev–Trinajstić information content (AvgIpc) is 2.51. The Hall–Kier alpha value is -1.84. The van der Waals surface area contributed by atoms with Crippen molar-refractivity contribution in [3.63, 3.8) is 0 Å². The van der Waals surface area contributed by atoms with Gasteiger partial charge in [-0.25, -0.2) is 0 Å². The fourth-order valence-electron chi connectivity index (χ4n) is 2.11. The molecule has 0 saturated carbocycles. The molecule has 0 fully saturated rings. The van der Waals surface area contributed by atoms with Gasteiger partial charge in [-0.2, -0.15) is 0 Å². The zero-order valence-corrected chi connectivity index (χ0v) is 12.7. The maximum absolute atomic E-state index is 5.72. The number of methoxy groups -OCH3 is 1. The first-order valence-electron chi connectivity index (χ1n) is 7.17. The molecule has 0 spiro atoms. The van der Waals surface area contributed by atoms with Crippen molar-refractivity contribution in [1.82, 2.24) is 0 Å². The monoisotopic (exact) mass is 286 g/mol. The minimum absolute atomic E-state index is 0.543. The van der Waals surface area contributed by atoms with Crippen LogP contribution in [-0.4, -0.2) is 33.5 Å². The van der Waals surface area contributed by atoms with Crippen molar-refractivity contribution in [3.8, 4) is 16.9 Å². The SMILES string of the molecule is COCCOCCOc1cccc(-c2ccccc2C)c1. The maximum atomic E-state index is 5.72.